The minimum Gasteiger partial charge on any atom is -0.451 e. The van der Waals surface area contributed by atoms with Gasteiger partial charge in [0.25, 0.3) is 11.6 Å². The maximum atomic E-state index is 13.1. The van der Waals surface area contributed by atoms with Gasteiger partial charge in [0.05, 0.1) is 15.5 Å². The van der Waals surface area contributed by atoms with Gasteiger partial charge in [-0.05, 0) is 31.2 Å². The Morgan fingerprint density at radius 3 is 2.62 bits per heavy atom. The van der Waals surface area contributed by atoms with Gasteiger partial charge in [-0.25, -0.2) is 0 Å². The lowest BCUT2D eigenvalue weighted by Crippen LogP contribution is -2.12. The average molecular weight is 409 g/mol. The maximum Gasteiger partial charge on any atom is 0.298 e. The second-order valence-corrected chi connectivity index (χ2v) is 6.77. The Kier molecular flexibility index (Phi) is 4.52. The molecule has 0 atom stereocenters. The summed E-state index contributed by atoms with van der Waals surface area (Å²) >= 11 is 6.15. The minimum absolute atomic E-state index is 0.0516. The normalized spacial score (nSPS) is 11.0. The molecule has 8 heteroatoms. The standard InChI is InChI=1S/C21H13ClN2O5/c1-12-16(11-25)14-4-2-3-5-18(14)23(12)21(26)20-9-8-19(29-20)15-7-6-13(24(27)28)10-17(15)22/h2-11H,1H3. The van der Waals surface area contributed by atoms with Crippen LogP contribution in [0.25, 0.3) is 22.2 Å². The van der Waals surface area contributed by atoms with Crippen molar-refractivity contribution in [3.63, 3.8) is 0 Å². The Bertz CT molecular complexity index is 1300. The van der Waals surface area contributed by atoms with Crippen LogP contribution in [0.3, 0.4) is 0 Å². The summed E-state index contributed by atoms with van der Waals surface area (Å²) in [4.78, 5) is 34.9. The fourth-order valence-electron chi connectivity index (χ4n) is 3.33. The summed E-state index contributed by atoms with van der Waals surface area (Å²) in [5.74, 6) is -0.0789. The van der Waals surface area contributed by atoms with Gasteiger partial charge in [-0.15, -0.1) is 0 Å². The average Bonchev–Trinajstić information content (AvgIpc) is 3.29. The molecule has 2 aromatic heterocycles. The van der Waals surface area contributed by atoms with Crippen LogP contribution in [-0.4, -0.2) is 21.7 Å². The van der Waals surface area contributed by atoms with E-state index in [-0.39, 0.29) is 16.5 Å². The largest absolute Gasteiger partial charge is 0.451 e. The number of nitrogens with zero attached hydrogens (tertiary/aromatic N) is 2. The number of hydrogen-bond acceptors (Lipinski definition) is 5. The summed E-state index contributed by atoms with van der Waals surface area (Å²) in [6.07, 6.45) is 0.728. The highest BCUT2D eigenvalue weighted by Gasteiger charge is 2.22. The number of para-hydroxylation sites is 1. The molecule has 2 aromatic carbocycles. The first-order valence-corrected chi connectivity index (χ1v) is 8.94. The van der Waals surface area contributed by atoms with E-state index in [0.29, 0.717) is 33.5 Å². The fourth-order valence-corrected chi connectivity index (χ4v) is 3.60. The molecule has 0 aliphatic carbocycles. The van der Waals surface area contributed by atoms with Crippen LogP contribution in [0.15, 0.2) is 59.0 Å². The summed E-state index contributed by atoms with van der Waals surface area (Å²) in [7, 11) is 0. The number of hydrogen-bond donors (Lipinski definition) is 0. The van der Waals surface area contributed by atoms with E-state index < -0.39 is 10.8 Å². The van der Waals surface area contributed by atoms with Gasteiger partial charge >= 0.3 is 0 Å². The maximum absolute atomic E-state index is 13.1. The Labute approximate surface area is 169 Å². The molecule has 0 fully saturated rings. The number of aromatic nitrogens is 1. The van der Waals surface area contributed by atoms with Gasteiger partial charge in [0.15, 0.2) is 12.0 Å². The lowest BCUT2D eigenvalue weighted by Gasteiger charge is -2.05. The smallest absolute Gasteiger partial charge is 0.298 e. The Morgan fingerprint density at radius 2 is 1.93 bits per heavy atom. The number of aldehydes is 1. The summed E-state index contributed by atoms with van der Waals surface area (Å²) in [5.41, 5.74) is 1.84. The molecule has 0 aliphatic heterocycles. The molecular formula is C21H13ClN2O5. The van der Waals surface area contributed by atoms with E-state index in [1.54, 1.807) is 37.3 Å². The molecule has 2 heterocycles. The second-order valence-electron chi connectivity index (χ2n) is 6.36. The first kappa shape index (κ1) is 18.6. The molecule has 0 N–H and O–H groups in total. The molecule has 144 valence electrons. The zero-order valence-corrected chi connectivity index (χ0v) is 15.8. The van der Waals surface area contributed by atoms with E-state index >= 15 is 0 Å². The van der Waals surface area contributed by atoms with Crippen LogP contribution in [0, 0.1) is 17.0 Å². The molecule has 0 bridgehead atoms. The summed E-state index contributed by atoms with van der Waals surface area (Å²) in [5, 5.41) is 11.7. The fraction of sp³-hybridized carbons (Fsp3) is 0.0476. The Balaban J connectivity index is 1.77. The molecule has 4 rings (SSSR count). The third-order valence-electron chi connectivity index (χ3n) is 4.73. The number of carbonyl (C=O) groups excluding carboxylic acids is 2. The van der Waals surface area contributed by atoms with Crippen molar-refractivity contribution in [1.82, 2.24) is 4.57 Å². The van der Waals surface area contributed by atoms with E-state index in [0.717, 1.165) is 6.29 Å². The molecule has 29 heavy (non-hydrogen) atoms. The number of fused-ring (bicyclic) bond motifs is 1. The molecule has 0 saturated carbocycles. The molecule has 7 nitrogen and oxygen atoms in total. The van der Waals surface area contributed by atoms with Crippen LogP contribution in [-0.2, 0) is 0 Å². The molecule has 0 saturated heterocycles. The number of rotatable bonds is 4. The lowest BCUT2D eigenvalue weighted by atomic mass is 10.1. The lowest BCUT2D eigenvalue weighted by molar-refractivity contribution is -0.384. The zero-order chi connectivity index (χ0) is 20.7. The third kappa shape index (κ3) is 3.01. The molecule has 0 amide bonds. The van der Waals surface area contributed by atoms with Crippen molar-refractivity contribution in [2.75, 3.05) is 0 Å². The molecular weight excluding hydrogens is 396 g/mol. The van der Waals surface area contributed by atoms with E-state index in [1.165, 1.54) is 28.8 Å². The molecule has 0 radical (unpaired) electrons. The van der Waals surface area contributed by atoms with Crippen molar-refractivity contribution in [1.29, 1.82) is 0 Å². The zero-order valence-electron chi connectivity index (χ0n) is 15.1. The monoisotopic (exact) mass is 408 g/mol. The number of non-ortho nitro benzene ring substituents is 1. The Hall–Kier alpha value is -3.71. The topological polar surface area (TPSA) is 95.3 Å². The SMILES string of the molecule is Cc1c(C=O)c2ccccc2n1C(=O)c1ccc(-c2ccc([N+](=O)[O-])cc2Cl)o1. The highest BCUT2D eigenvalue weighted by molar-refractivity contribution is 6.33. The number of nitro benzene ring substituents is 1. The second kappa shape index (κ2) is 7.03. The number of nitro groups is 1. The predicted octanol–water partition coefficient (Wildman–Crippen LogP) is 5.27. The van der Waals surface area contributed by atoms with E-state index in [4.69, 9.17) is 16.0 Å². The summed E-state index contributed by atoms with van der Waals surface area (Å²) in [6.45, 7) is 1.69. The van der Waals surface area contributed by atoms with Gasteiger partial charge in [0, 0.05) is 34.3 Å². The number of furan rings is 1. The number of halogens is 1. The summed E-state index contributed by atoms with van der Waals surface area (Å²) < 4.78 is 7.13. The highest BCUT2D eigenvalue weighted by atomic mass is 35.5. The van der Waals surface area contributed by atoms with Gasteiger partial charge < -0.3 is 4.42 Å². The van der Waals surface area contributed by atoms with E-state index in [1.807, 2.05) is 0 Å². The molecule has 4 aromatic rings. The van der Waals surface area contributed by atoms with Gasteiger partial charge in [0.2, 0.25) is 0 Å². The number of carbonyl (C=O) groups is 2. The van der Waals surface area contributed by atoms with Crippen molar-refractivity contribution in [2.45, 2.75) is 6.92 Å². The predicted molar refractivity (Wildman–Crippen MR) is 108 cm³/mol. The van der Waals surface area contributed by atoms with Crippen molar-refractivity contribution >= 4 is 40.4 Å². The van der Waals surface area contributed by atoms with Crippen molar-refractivity contribution in [3.8, 4) is 11.3 Å². The van der Waals surface area contributed by atoms with Crippen LogP contribution in [0.1, 0.15) is 26.6 Å². The van der Waals surface area contributed by atoms with Gasteiger partial charge in [0.1, 0.15) is 5.76 Å². The van der Waals surface area contributed by atoms with Gasteiger partial charge in [-0.3, -0.25) is 24.3 Å². The van der Waals surface area contributed by atoms with Crippen molar-refractivity contribution < 1.29 is 18.9 Å². The summed E-state index contributed by atoms with van der Waals surface area (Å²) in [6, 6.07) is 14.2. The van der Waals surface area contributed by atoms with Crippen LogP contribution in [0.2, 0.25) is 5.02 Å². The van der Waals surface area contributed by atoms with Crippen molar-refractivity contribution in [2.24, 2.45) is 0 Å². The minimum atomic E-state index is -0.544. The van der Waals surface area contributed by atoms with Gasteiger partial charge in [-0.1, -0.05) is 29.8 Å². The Morgan fingerprint density at radius 1 is 1.17 bits per heavy atom. The van der Waals surface area contributed by atoms with Crippen LogP contribution in [0.4, 0.5) is 5.69 Å². The molecule has 0 spiro atoms. The van der Waals surface area contributed by atoms with Crippen molar-refractivity contribution in [3.05, 3.63) is 86.8 Å². The molecule has 0 unspecified atom stereocenters. The first-order valence-electron chi connectivity index (χ1n) is 8.56. The first-order chi connectivity index (χ1) is 13.9. The quantitative estimate of drug-likeness (QED) is 0.260. The number of benzene rings is 2. The highest BCUT2D eigenvalue weighted by Crippen LogP contribution is 2.33. The van der Waals surface area contributed by atoms with E-state index in [2.05, 4.69) is 0 Å². The molecule has 0 aliphatic rings. The van der Waals surface area contributed by atoms with Gasteiger partial charge in [-0.2, -0.15) is 0 Å². The van der Waals surface area contributed by atoms with E-state index in [9.17, 15) is 19.7 Å². The van der Waals surface area contributed by atoms with Crippen LogP contribution >= 0.6 is 11.6 Å². The van der Waals surface area contributed by atoms with Crippen LogP contribution in [0.5, 0.6) is 0 Å². The van der Waals surface area contributed by atoms with Crippen LogP contribution < -0.4 is 0 Å². The third-order valence-corrected chi connectivity index (χ3v) is 5.04.